The largest absolute Gasteiger partial charge is 0.383 e. The fraction of sp³-hybridized carbons (Fsp3) is 0.444. The standard InChI is InChI=1S/C18H20F2IN3O2/c1-11(2)16(25)17(26)24-18(21,7-3-9-22)8-6-15(23-24)13-10-12(19)4-5-14(13)20/h4-5,10-11,16,25H,3,7,9,22H2,1-2H3/t16-,18-/m0/s1. The van der Waals surface area contributed by atoms with Gasteiger partial charge in [-0.25, -0.2) is 13.8 Å². The van der Waals surface area contributed by atoms with Crippen LogP contribution in [0.15, 0.2) is 23.3 Å². The average molecular weight is 475 g/mol. The molecule has 0 bridgehead atoms. The smallest absolute Gasteiger partial charge is 0.273 e. The van der Waals surface area contributed by atoms with Crippen molar-refractivity contribution in [2.45, 2.75) is 36.3 Å². The lowest BCUT2D eigenvalue weighted by Crippen LogP contribution is -2.50. The zero-order valence-corrected chi connectivity index (χ0v) is 16.6. The molecule has 140 valence electrons. The molecule has 2 rings (SSSR count). The molecule has 5 nitrogen and oxygen atoms in total. The van der Waals surface area contributed by atoms with Crippen LogP contribution in [0.25, 0.3) is 0 Å². The molecule has 1 heterocycles. The van der Waals surface area contributed by atoms with Crippen LogP contribution in [-0.2, 0) is 4.79 Å². The molecular weight excluding hydrogens is 455 g/mol. The van der Waals surface area contributed by atoms with Gasteiger partial charge in [0.2, 0.25) is 0 Å². The predicted octanol–water partition coefficient (Wildman–Crippen LogP) is 2.40. The summed E-state index contributed by atoms with van der Waals surface area (Å²) in [7, 11) is 0. The van der Waals surface area contributed by atoms with Crippen molar-refractivity contribution in [2.75, 3.05) is 6.54 Å². The summed E-state index contributed by atoms with van der Waals surface area (Å²) in [4.78, 5) is 12.7. The Balaban J connectivity index is 2.50. The number of benzene rings is 1. The van der Waals surface area contributed by atoms with Gasteiger partial charge in [0.25, 0.3) is 5.91 Å². The summed E-state index contributed by atoms with van der Waals surface area (Å²) in [6.07, 6.45) is -0.279. The van der Waals surface area contributed by atoms with Gasteiger partial charge in [0.05, 0.1) is 0 Å². The first-order valence-corrected chi connectivity index (χ1v) is 9.26. The topological polar surface area (TPSA) is 78.9 Å². The number of nitrogens with two attached hydrogens (primary N) is 1. The maximum atomic E-state index is 14.1. The quantitative estimate of drug-likeness (QED) is 0.287. The lowest BCUT2D eigenvalue weighted by molar-refractivity contribution is -0.144. The number of nitrogens with zero attached hydrogens (tertiary/aromatic N) is 2. The van der Waals surface area contributed by atoms with E-state index in [-0.39, 0.29) is 17.2 Å². The minimum absolute atomic E-state index is 0.0636. The Morgan fingerprint density at radius 1 is 1.46 bits per heavy atom. The van der Waals surface area contributed by atoms with Gasteiger partial charge in [-0.05, 0) is 72.0 Å². The van der Waals surface area contributed by atoms with E-state index in [2.05, 4.69) is 16.9 Å². The fourth-order valence-corrected chi connectivity index (χ4v) is 3.21. The van der Waals surface area contributed by atoms with E-state index in [1.54, 1.807) is 13.8 Å². The van der Waals surface area contributed by atoms with Gasteiger partial charge in [-0.3, -0.25) is 4.79 Å². The second-order valence-electron chi connectivity index (χ2n) is 6.31. The van der Waals surface area contributed by atoms with E-state index < -0.39 is 27.2 Å². The van der Waals surface area contributed by atoms with Gasteiger partial charge in [0.15, 0.2) is 3.55 Å². The Labute approximate surface area is 164 Å². The van der Waals surface area contributed by atoms with Crippen LogP contribution in [0, 0.1) is 29.4 Å². The van der Waals surface area contributed by atoms with Crippen LogP contribution < -0.4 is 5.73 Å². The summed E-state index contributed by atoms with van der Waals surface area (Å²) in [6, 6.07) is 2.94. The van der Waals surface area contributed by atoms with Crippen LogP contribution in [-0.4, -0.2) is 37.9 Å². The predicted molar refractivity (Wildman–Crippen MR) is 103 cm³/mol. The minimum atomic E-state index is -1.29. The van der Waals surface area contributed by atoms with E-state index in [4.69, 9.17) is 5.73 Å². The molecule has 3 N–H and O–H groups in total. The summed E-state index contributed by atoms with van der Waals surface area (Å²) in [5, 5.41) is 15.4. The molecule has 0 radical (unpaired) electrons. The molecule has 0 fully saturated rings. The van der Waals surface area contributed by atoms with Crippen molar-refractivity contribution in [1.82, 2.24) is 5.01 Å². The van der Waals surface area contributed by atoms with Crippen molar-refractivity contribution in [3.63, 3.8) is 0 Å². The molecule has 2 atom stereocenters. The molecule has 0 unspecified atom stereocenters. The zero-order valence-electron chi connectivity index (χ0n) is 14.5. The SMILES string of the molecule is CC(C)[C@H](O)C(=O)N1N=C(c2cc(F)ccc2F)C#C[C@]1(I)CCCN. The maximum Gasteiger partial charge on any atom is 0.273 e. The number of aliphatic hydroxyl groups excluding tert-OH is 1. The van der Waals surface area contributed by atoms with Crippen LogP contribution in [0.1, 0.15) is 32.3 Å². The minimum Gasteiger partial charge on any atom is -0.383 e. The van der Waals surface area contributed by atoms with E-state index in [9.17, 15) is 18.7 Å². The molecule has 1 aliphatic heterocycles. The normalized spacial score (nSPS) is 20.5. The van der Waals surface area contributed by atoms with Crippen LogP contribution in [0.2, 0.25) is 0 Å². The number of aliphatic hydroxyl groups is 1. The lowest BCUT2D eigenvalue weighted by Gasteiger charge is -2.35. The van der Waals surface area contributed by atoms with E-state index in [0.29, 0.717) is 19.4 Å². The summed E-state index contributed by atoms with van der Waals surface area (Å²) in [5.74, 6) is 3.32. The Kier molecular flexibility index (Phi) is 6.71. The molecule has 0 aromatic heterocycles. The number of hydrazone groups is 1. The first-order chi connectivity index (χ1) is 12.2. The first kappa shape index (κ1) is 20.7. The van der Waals surface area contributed by atoms with Crippen molar-refractivity contribution < 1.29 is 18.7 Å². The number of carbonyl (C=O) groups excluding carboxylic acids is 1. The van der Waals surface area contributed by atoms with Crippen molar-refractivity contribution in [2.24, 2.45) is 16.8 Å². The van der Waals surface area contributed by atoms with Crippen molar-refractivity contribution in [3.8, 4) is 11.8 Å². The molecule has 1 aromatic carbocycles. The number of carbonyl (C=O) groups is 1. The van der Waals surface area contributed by atoms with Crippen LogP contribution in [0.3, 0.4) is 0 Å². The third kappa shape index (κ3) is 4.39. The highest BCUT2D eigenvalue weighted by atomic mass is 127. The molecule has 26 heavy (non-hydrogen) atoms. The molecule has 0 spiro atoms. The van der Waals surface area contributed by atoms with E-state index >= 15 is 0 Å². The average Bonchev–Trinajstić information content (AvgIpc) is 2.61. The number of amides is 1. The van der Waals surface area contributed by atoms with Crippen LogP contribution in [0.4, 0.5) is 8.78 Å². The number of alkyl halides is 1. The van der Waals surface area contributed by atoms with Crippen LogP contribution in [0.5, 0.6) is 0 Å². The number of halogens is 3. The number of hydrogen-bond acceptors (Lipinski definition) is 4. The Morgan fingerprint density at radius 2 is 2.15 bits per heavy atom. The summed E-state index contributed by atoms with van der Waals surface area (Å²) < 4.78 is 26.6. The molecule has 0 saturated carbocycles. The monoisotopic (exact) mass is 475 g/mol. The molecule has 1 amide bonds. The van der Waals surface area contributed by atoms with Gasteiger partial charge in [-0.15, -0.1) is 0 Å². The molecule has 8 heteroatoms. The van der Waals surface area contributed by atoms with Crippen LogP contribution >= 0.6 is 22.6 Å². The third-order valence-corrected chi connectivity index (χ3v) is 5.16. The number of rotatable bonds is 6. The Morgan fingerprint density at radius 3 is 2.77 bits per heavy atom. The van der Waals surface area contributed by atoms with Crippen molar-refractivity contribution in [1.29, 1.82) is 0 Å². The zero-order chi connectivity index (χ0) is 19.5. The van der Waals surface area contributed by atoms with Gasteiger partial charge in [0.1, 0.15) is 23.5 Å². The summed E-state index contributed by atoms with van der Waals surface area (Å²) in [6.45, 7) is 3.80. The number of hydrogen-bond donors (Lipinski definition) is 2. The molecular formula is C18H20F2IN3O2. The van der Waals surface area contributed by atoms with Crippen molar-refractivity contribution in [3.05, 3.63) is 35.4 Å². The summed E-state index contributed by atoms with van der Waals surface area (Å²) in [5.41, 5.74) is 5.36. The van der Waals surface area contributed by atoms with Gasteiger partial charge in [-0.2, -0.15) is 5.10 Å². The van der Waals surface area contributed by atoms with Gasteiger partial charge in [-0.1, -0.05) is 19.8 Å². The van der Waals surface area contributed by atoms with Gasteiger partial charge >= 0.3 is 0 Å². The summed E-state index contributed by atoms with van der Waals surface area (Å²) >= 11 is 1.98. The maximum absolute atomic E-state index is 14.1. The first-order valence-electron chi connectivity index (χ1n) is 8.18. The van der Waals surface area contributed by atoms with E-state index in [1.807, 2.05) is 22.6 Å². The highest BCUT2D eigenvalue weighted by Crippen LogP contribution is 2.33. The molecule has 1 aromatic rings. The van der Waals surface area contributed by atoms with E-state index in [1.165, 1.54) is 0 Å². The molecule has 1 aliphatic rings. The highest BCUT2D eigenvalue weighted by Gasteiger charge is 2.41. The Hall–Kier alpha value is -1.57. The van der Waals surface area contributed by atoms with E-state index in [0.717, 1.165) is 23.2 Å². The third-order valence-electron chi connectivity index (χ3n) is 3.90. The van der Waals surface area contributed by atoms with Gasteiger partial charge < -0.3 is 10.8 Å². The lowest BCUT2D eigenvalue weighted by atomic mass is 10.0. The second-order valence-corrected chi connectivity index (χ2v) is 8.10. The molecule has 0 aliphatic carbocycles. The fourth-order valence-electron chi connectivity index (χ4n) is 2.35. The van der Waals surface area contributed by atoms with Crippen molar-refractivity contribution >= 4 is 34.2 Å². The second kappa shape index (κ2) is 8.41. The highest BCUT2D eigenvalue weighted by molar-refractivity contribution is 14.1. The Bertz CT molecular complexity index is 788. The molecule has 0 saturated heterocycles. The van der Waals surface area contributed by atoms with Gasteiger partial charge in [0, 0.05) is 5.56 Å².